The van der Waals surface area contributed by atoms with Crippen LogP contribution < -0.4 is 0 Å². The van der Waals surface area contributed by atoms with E-state index in [2.05, 4.69) is 20.8 Å². The highest BCUT2D eigenvalue weighted by atomic mass is 16.3. The normalized spacial score (nSPS) is 9.85. The quantitative estimate of drug-likeness (QED) is 0.589. The van der Waals surface area contributed by atoms with Gasteiger partial charge >= 0.3 is 0 Å². The smallest absolute Gasteiger partial charge is 0.0981 e. The van der Waals surface area contributed by atoms with Gasteiger partial charge in [-0.15, -0.1) is 0 Å². The van der Waals surface area contributed by atoms with E-state index in [0.29, 0.717) is 0 Å². The highest BCUT2D eigenvalue weighted by molar-refractivity contribution is 5.80. The molecular weight excluding hydrogens is 160 g/mol. The molecule has 1 aromatic heterocycles. The summed E-state index contributed by atoms with van der Waals surface area (Å²) in [6, 6.07) is 8.05. The summed E-state index contributed by atoms with van der Waals surface area (Å²) in [5.41, 5.74) is 0. The minimum atomic E-state index is 0.833. The molecule has 0 saturated heterocycles. The molecule has 13 heavy (non-hydrogen) atoms. The number of furan rings is 1. The molecule has 0 N–H and O–H groups in total. The molecule has 0 amide bonds. The van der Waals surface area contributed by atoms with Crippen LogP contribution in [0.1, 0.15) is 20.8 Å². The second-order valence-corrected chi connectivity index (χ2v) is 3.73. The van der Waals surface area contributed by atoms with Crippen molar-refractivity contribution in [1.29, 1.82) is 0 Å². The van der Waals surface area contributed by atoms with E-state index in [-0.39, 0.29) is 0 Å². The Morgan fingerprint density at radius 2 is 1.31 bits per heavy atom. The molecule has 70 valence electrons. The molecule has 1 heterocycles. The molecule has 0 fully saturated rings. The molecule has 1 heteroatoms. The third-order valence-corrected chi connectivity index (χ3v) is 1.39. The number of hydrogen-bond donors (Lipinski definition) is 0. The lowest BCUT2D eigenvalue weighted by Gasteiger charge is -1.80. The fourth-order valence-electron chi connectivity index (χ4n) is 0.906. The van der Waals surface area contributed by atoms with Gasteiger partial charge in [-0.2, -0.15) is 0 Å². The van der Waals surface area contributed by atoms with Gasteiger partial charge in [0.2, 0.25) is 0 Å². The minimum Gasteiger partial charge on any atom is -0.471 e. The van der Waals surface area contributed by atoms with Gasteiger partial charge in [-0.3, -0.25) is 0 Å². The molecule has 0 atom stereocenters. The van der Waals surface area contributed by atoms with Crippen LogP contribution in [0, 0.1) is 5.92 Å². The highest BCUT2D eigenvalue weighted by Crippen LogP contribution is 2.12. The van der Waals surface area contributed by atoms with E-state index in [1.54, 1.807) is 12.5 Å². The lowest BCUT2D eigenvalue weighted by atomic mass is 10.2. The van der Waals surface area contributed by atoms with Crippen LogP contribution in [0.25, 0.3) is 10.8 Å². The second-order valence-electron chi connectivity index (χ2n) is 3.73. The van der Waals surface area contributed by atoms with Crippen LogP contribution in [0.2, 0.25) is 0 Å². The van der Waals surface area contributed by atoms with Crippen molar-refractivity contribution in [1.82, 2.24) is 0 Å². The van der Waals surface area contributed by atoms with Crippen molar-refractivity contribution in [2.45, 2.75) is 20.8 Å². The fraction of sp³-hybridized carbons (Fsp3) is 0.333. The molecule has 0 bridgehead atoms. The van der Waals surface area contributed by atoms with Crippen LogP contribution >= 0.6 is 0 Å². The number of fused-ring (bicyclic) bond motifs is 1. The average Bonchev–Trinajstić information content (AvgIpc) is 2.49. The third-order valence-electron chi connectivity index (χ3n) is 1.39. The fourth-order valence-corrected chi connectivity index (χ4v) is 0.906. The number of hydrogen-bond acceptors (Lipinski definition) is 1. The Morgan fingerprint density at radius 1 is 0.923 bits per heavy atom. The van der Waals surface area contributed by atoms with Crippen molar-refractivity contribution in [3.8, 4) is 0 Å². The Hall–Kier alpha value is -1.24. The van der Waals surface area contributed by atoms with Crippen LogP contribution in [0.5, 0.6) is 0 Å². The summed E-state index contributed by atoms with van der Waals surface area (Å²) in [6.07, 6.45) is 3.49. The predicted molar refractivity (Wildman–Crippen MR) is 56.7 cm³/mol. The molecule has 0 spiro atoms. The Balaban J connectivity index is 0.000000184. The standard InChI is InChI=1S/C8H6O.C4H10/c1-2-4-8-6-9-5-7(8)3-1;1-4(2)3/h1-6H;4H,1-3H3. The first kappa shape index (κ1) is 9.85. The van der Waals surface area contributed by atoms with Crippen molar-refractivity contribution in [2.75, 3.05) is 0 Å². The van der Waals surface area contributed by atoms with Gasteiger partial charge < -0.3 is 4.42 Å². The largest absolute Gasteiger partial charge is 0.471 e. The average molecular weight is 176 g/mol. The van der Waals surface area contributed by atoms with E-state index in [9.17, 15) is 0 Å². The van der Waals surface area contributed by atoms with Gasteiger partial charge in [-0.05, 0) is 5.92 Å². The zero-order valence-corrected chi connectivity index (χ0v) is 8.45. The van der Waals surface area contributed by atoms with Gasteiger partial charge in [0.05, 0.1) is 12.5 Å². The molecule has 1 aromatic carbocycles. The van der Waals surface area contributed by atoms with Gasteiger partial charge in [0.25, 0.3) is 0 Å². The SMILES string of the molecule is CC(C)C.c1ccc2cocc2c1. The summed E-state index contributed by atoms with van der Waals surface area (Å²) < 4.78 is 4.96. The summed E-state index contributed by atoms with van der Waals surface area (Å²) in [7, 11) is 0. The van der Waals surface area contributed by atoms with Crippen LogP contribution in [-0.4, -0.2) is 0 Å². The minimum absolute atomic E-state index is 0.833. The van der Waals surface area contributed by atoms with Crippen LogP contribution in [0.4, 0.5) is 0 Å². The molecule has 0 aliphatic heterocycles. The molecule has 0 radical (unpaired) electrons. The topological polar surface area (TPSA) is 13.1 Å². The molecule has 2 aromatic rings. The summed E-state index contributed by atoms with van der Waals surface area (Å²) >= 11 is 0. The van der Waals surface area contributed by atoms with Gasteiger partial charge in [0.15, 0.2) is 0 Å². The van der Waals surface area contributed by atoms with Crippen LogP contribution in [0.3, 0.4) is 0 Å². The van der Waals surface area contributed by atoms with Crippen LogP contribution in [-0.2, 0) is 0 Å². The zero-order valence-electron chi connectivity index (χ0n) is 8.45. The summed E-state index contributed by atoms with van der Waals surface area (Å²) in [5, 5.41) is 2.33. The van der Waals surface area contributed by atoms with Crippen molar-refractivity contribution >= 4 is 10.8 Å². The Morgan fingerprint density at radius 3 is 1.69 bits per heavy atom. The van der Waals surface area contributed by atoms with Gasteiger partial charge in [-0.1, -0.05) is 45.0 Å². The molecule has 1 nitrogen and oxygen atoms in total. The van der Waals surface area contributed by atoms with Gasteiger partial charge in [-0.25, -0.2) is 0 Å². The van der Waals surface area contributed by atoms with Crippen molar-refractivity contribution in [3.63, 3.8) is 0 Å². The summed E-state index contributed by atoms with van der Waals surface area (Å²) in [4.78, 5) is 0. The Kier molecular flexibility index (Phi) is 3.56. The van der Waals surface area contributed by atoms with Crippen molar-refractivity contribution in [2.24, 2.45) is 5.92 Å². The first-order valence-corrected chi connectivity index (χ1v) is 4.61. The maximum atomic E-state index is 4.96. The maximum absolute atomic E-state index is 4.96. The predicted octanol–water partition coefficient (Wildman–Crippen LogP) is 4.10. The first-order chi connectivity index (χ1) is 6.20. The molecule has 2 rings (SSSR count). The third kappa shape index (κ3) is 3.32. The van der Waals surface area contributed by atoms with Crippen molar-refractivity contribution < 1.29 is 4.42 Å². The van der Waals surface area contributed by atoms with Gasteiger partial charge in [0.1, 0.15) is 0 Å². The monoisotopic (exact) mass is 176 g/mol. The van der Waals surface area contributed by atoms with E-state index in [1.165, 1.54) is 0 Å². The summed E-state index contributed by atoms with van der Waals surface area (Å²) in [5.74, 6) is 0.833. The van der Waals surface area contributed by atoms with Crippen LogP contribution in [0.15, 0.2) is 41.2 Å². The Labute approximate surface area is 79.4 Å². The Bertz CT molecular complexity index is 314. The number of rotatable bonds is 0. The maximum Gasteiger partial charge on any atom is 0.0981 e. The van der Waals surface area contributed by atoms with Crippen molar-refractivity contribution in [3.05, 3.63) is 36.8 Å². The highest BCUT2D eigenvalue weighted by Gasteiger charge is 1.89. The van der Waals surface area contributed by atoms with E-state index in [4.69, 9.17) is 4.42 Å². The molecule has 0 aliphatic rings. The van der Waals surface area contributed by atoms with E-state index >= 15 is 0 Å². The summed E-state index contributed by atoms with van der Waals surface area (Å²) in [6.45, 7) is 6.50. The van der Waals surface area contributed by atoms with E-state index < -0.39 is 0 Å². The van der Waals surface area contributed by atoms with Gasteiger partial charge in [0, 0.05) is 10.8 Å². The molecule has 0 aliphatic carbocycles. The number of benzene rings is 1. The first-order valence-electron chi connectivity index (χ1n) is 4.61. The van der Waals surface area contributed by atoms with E-state index in [0.717, 1.165) is 16.7 Å². The lowest BCUT2D eigenvalue weighted by molar-refractivity contribution is 0.572. The zero-order chi connectivity index (χ0) is 9.68. The molecule has 0 unspecified atom stereocenters. The molecule has 0 saturated carbocycles. The molecular formula is C12H16O. The van der Waals surface area contributed by atoms with E-state index in [1.807, 2.05) is 24.3 Å². The second kappa shape index (κ2) is 4.70. The lowest BCUT2D eigenvalue weighted by Crippen LogP contribution is -1.66.